The molecule has 0 aromatic heterocycles. The summed E-state index contributed by atoms with van der Waals surface area (Å²) in [6.07, 6.45) is 5.90. The Morgan fingerprint density at radius 2 is 1.83 bits per heavy atom. The Balaban J connectivity index is 1.60. The van der Waals surface area contributed by atoms with Gasteiger partial charge in [0.25, 0.3) is 0 Å². The second kappa shape index (κ2) is 7.53. The summed E-state index contributed by atoms with van der Waals surface area (Å²) in [5.74, 6) is -0.1000. The van der Waals surface area contributed by atoms with Crippen LogP contribution < -0.4 is 10.6 Å². The highest BCUT2D eigenvalue weighted by atomic mass is 16.3. The molecule has 1 aliphatic heterocycles. The first-order valence-corrected chi connectivity index (χ1v) is 9.10. The summed E-state index contributed by atoms with van der Waals surface area (Å²) in [5, 5.41) is 17.0. The molecule has 1 amide bonds. The smallest absolute Gasteiger partial charge is 0.227 e. The number of carbonyl (C=O) groups excluding carboxylic acids is 1. The quantitative estimate of drug-likeness (QED) is 0.776. The lowest BCUT2D eigenvalue weighted by atomic mass is 9.97. The summed E-state index contributed by atoms with van der Waals surface area (Å²) in [4.78, 5) is 14.7. The van der Waals surface area contributed by atoms with Crippen LogP contribution in [0.15, 0.2) is 24.3 Å². The molecular formula is C19H29N3O2. The first-order valence-electron chi connectivity index (χ1n) is 9.10. The summed E-state index contributed by atoms with van der Waals surface area (Å²) >= 11 is 0. The molecule has 0 spiro atoms. The van der Waals surface area contributed by atoms with E-state index in [2.05, 4.69) is 22.6 Å². The molecule has 0 bridgehead atoms. The van der Waals surface area contributed by atoms with Gasteiger partial charge in [-0.15, -0.1) is 0 Å². The van der Waals surface area contributed by atoms with Crippen LogP contribution in [0.2, 0.25) is 0 Å². The summed E-state index contributed by atoms with van der Waals surface area (Å²) in [7, 11) is 2.15. The van der Waals surface area contributed by atoms with Gasteiger partial charge in [0.05, 0.1) is 23.4 Å². The van der Waals surface area contributed by atoms with Crippen molar-refractivity contribution in [2.75, 3.05) is 30.8 Å². The number of benzene rings is 1. The van der Waals surface area contributed by atoms with Crippen LogP contribution in [-0.2, 0) is 4.79 Å². The molecule has 132 valence electrons. The lowest BCUT2D eigenvalue weighted by Crippen LogP contribution is -2.37. The molecule has 0 radical (unpaired) electrons. The standard InChI is InChI=1S/C19H29N3O2/c1-22-12-8-15(9-13-22)20-16-6-2-3-7-17(16)21-18(23)14-19(24)10-4-5-11-19/h2-3,6-7,15,20,24H,4-5,8-14H2,1H3,(H,21,23). The number of rotatable bonds is 5. The van der Waals surface area contributed by atoms with Crippen molar-refractivity contribution in [1.82, 2.24) is 4.90 Å². The highest BCUT2D eigenvalue weighted by Gasteiger charge is 2.33. The van der Waals surface area contributed by atoms with E-state index in [1.807, 2.05) is 24.3 Å². The highest BCUT2D eigenvalue weighted by molar-refractivity contribution is 5.94. The number of nitrogens with one attached hydrogen (secondary N) is 2. The molecule has 3 rings (SSSR count). The van der Waals surface area contributed by atoms with E-state index in [9.17, 15) is 9.90 Å². The molecular weight excluding hydrogens is 302 g/mol. The topological polar surface area (TPSA) is 64.6 Å². The largest absolute Gasteiger partial charge is 0.389 e. The minimum absolute atomic E-state index is 0.1000. The van der Waals surface area contributed by atoms with Crippen molar-refractivity contribution in [2.24, 2.45) is 0 Å². The van der Waals surface area contributed by atoms with Gasteiger partial charge in [0.2, 0.25) is 5.91 Å². The fourth-order valence-corrected chi connectivity index (χ4v) is 3.79. The predicted octanol–water partition coefficient (Wildman–Crippen LogP) is 2.83. The SMILES string of the molecule is CN1CCC(Nc2ccccc2NC(=O)CC2(O)CCCC2)CC1. The van der Waals surface area contributed by atoms with Crippen molar-refractivity contribution < 1.29 is 9.90 Å². The van der Waals surface area contributed by atoms with Gasteiger partial charge in [-0.05, 0) is 58.0 Å². The molecule has 1 saturated carbocycles. The Labute approximate surface area is 144 Å². The monoisotopic (exact) mass is 331 g/mol. The van der Waals surface area contributed by atoms with Crippen LogP contribution in [0.25, 0.3) is 0 Å². The molecule has 24 heavy (non-hydrogen) atoms. The molecule has 1 heterocycles. The molecule has 2 aliphatic rings. The van der Waals surface area contributed by atoms with Crippen LogP contribution in [0.1, 0.15) is 44.9 Å². The summed E-state index contributed by atoms with van der Waals surface area (Å²) in [5.41, 5.74) is 0.974. The lowest BCUT2D eigenvalue weighted by Gasteiger charge is -2.30. The summed E-state index contributed by atoms with van der Waals surface area (Å²) < 4.78 is 0. The molecule has 5 nitrogen and oxygen atoms in total. The number of nitrogens with zero attached hydrogens (tertiary/aromatic N) is 1. The van der Waals surface area contributed by atoms with Gasteiger partial charge in [0.15, 0.2) is 0 Å². The van der Waals surface area contributed by atoms with Crippen molar-refractivity contribution in [3.63, 3.8) is 0 Å². The van der Waals surface area contributed by atoms with Crippen molar-refractivity contribution >= 4 is 17.3 Å². The Bertz CT molecular complexity index is 561. The van der Waals surface area contributed by atoms with Gasteiger partial charge in [0.1, 0.15) is 0 Å². The van der Waals surface area contributed by atoms with Gasteiger partial charge in [-0.3, -0.25) is 4.79 Å². The third-order valence-corrected chi connectivity index (χ3v) is 5.30. The fraction of sp³-hybridized carbons (Fsp3) is 0.632. The molecule has 0 atom stereocenters. The summed E-state index contributed by atoms with van der Waals surface area (Å²) in [6.45, 7) is 2.19. The van der Waals surface area contributed by atoms with Gasteiger partial charge in [0, 0.05) is 6.04 Å². The van der Waals surface area contributed by atoms with E-state index in [0.717, 1.165) is 63.0 Å². The molecule has 5 heteroatoms. The van der Waals surface area contributed by atoms with Crippen molar-refractivity contribution in [2.45, 2.75) is 56.6 Å². The van der Waals surface area contributed by atoms with Crippen molar-refractivity contribution in [1.29, 1.82) is 0 Å². The number of carbonyl (C=O) groups is 1. The normalized spacial score (nSPS) is 21.6. The van der Waals surface area contributed by atoms with Crippen molar-refractivity contribution in [3.8, 4) is 0 Å². The van der Waals surface area contributed by atoms with Crippen LogP contribution in [0, 0.1) is 0 Å². The number of amides is 1. The zero-order chi connectivity index (χ0) is 17.0. The fourth-order valence-electron chi connectivity index (χ4n) is 3.79. The van der Waals surface area contributed by atoms with Crippen LogP contribution in [-0.4, -0.2) is 47.7 Å². The van der Waals surface area contributed by atoms with E-state index in [4.69, 9.17) is 0 Å². The number of piperidine rings is 1. The maximum atomic E-state index is 12.4. The summed E-state index contributed by atoms with van der Waals surface area (Å²) in [6, 6.07) is 8.29. The van der Waals surface area contributed by atoms with Crippen molar-refractivity contribution in [3.05, 3.63) is 24.3 Å². The number of para-hydroxylation sites is 2. The van der Waals surface area contributed by atoms with Gasteiger partial charge in [-0.1, -0.05) is 25.0 Å². The van der Waals surface area contributed by atoms with Crippen LogP contribution in [0.4, 0.5) is 11.4 Å². The zero-order valence-electron chi connectivity index (χ0n) is 14.6. The second-order valence-electron chi connectivity index (χ2n) is 7.42. The maximum absolute atomic E-state index is 12.4. The molecule has 1 saturated heterocycles. The number of anilines is 2. The Kier molecular flexibility index (Phi) is 5.41. The Morgan fingerprint density at radius 3 is 2.50 bits per heavy atom. The molecule has 0 unspecified atom stereocenters. The first kappa shape index (κ1) is 17.2. The van der Waals surface area contributed by atoms with Gasteiger partial charge in [-0.25, -0.2) is 0 Å². The van der Waals surface area contributed by atoms with Crippen LogP contribution in [0.3, 0.4) is 0 Å². The van der Waals surface area contributed by atoms with E-state index in [-0.39, 0.29) is 12.3 Å². The number of hydrogen-bond donors (Lipinski definition) is 3. The molecule has 3 N–H and O–H groups in total. The molecule has 1 aliphatic carbocycles. The average molecular weight is 331 g/mol. The minimum atomic E-state index is -0.805. The Morgan fingerprint density at radius 1 is 1.21 bits per heavy atom. The molecule has 1 aromatic carbocycles. The van der Waals surface area contributed by atoms with E-state index in [0.29, 0.717) is 6.04 Å². The number of likely N-dealkylation sites (tertiary alicyclic amines) is 1. The number of aliphatic hydroxyl groups is 1. The van der Waals surface area contributed by atoms with E-state index in [1.54, 1.807) is 0 Å². The average Bonchev–Trinajstić information content (AvgIpc) is 2.97. The maximum Gasteiger partial charge on any atom is 0.227 e. The number of hydrogen-bond acceptors (Lipinski definition) is 4. The van der Waals surface area contributed by atoms with E-state index < -0.39 is 5.60 Å². The molecule has 1 aromatic rings. The highest BCUT2D eigenvalue weighted by Crippen LogP contribution is 2.33. The van der Waals surface area contributed by atoms with E-state index in [1.165, 1.54) is 0 Å². The lowest BCUT2D eigenvalue weighted by molar-refractivity contribution is -0.120. The third-order valence-electron chi connectivity index (χ3n) is 5.30. The predicted molar refractivity (Wildman–Crippen MR) is 97.2 cm³/mol. The molecule has 2 fully saturated rings. The zero-order valence-corrected chi connectivity index (χ0v) is 14.6. The minimum Gasteiger partial charge on any atom is -0.389 e. The van der Waals surface area contributed by atoms with Gasteiger partial charge < -0.3 is 20.6 Å². The van der Waals surface area contributed by atoms with Crippen LogP contribution in [0.5, 0.6) is 0 Å². The third kappa shape index (κ3) is 4.48. The second-order valence-corrected chi connectivity index (χ2v) is 7.42. The first-order chi connectivity index (χ1) is 11.5. The van der Waals surface area contributed by atoms with E-state index >= 15 is 0 Å². The van der Waals surface area contributed by atoms with Gasteiger partial charge in [-0.2, -0.15) is 0 Å². The Hall–Kier alpha value is -1.59. The van der Waals surface area contributed by atoms with Crippen LogP contribution >= 0.6 is 0 Å². The van der Waals surface area contributed by atoms with Gasteiger partial charge >= 0.3 is 0 Å².